The van der Waals surface area contributed by atoms with E-state index in [0.717, 1.165) is 5.56 Å². The molecule has 1 aromatic carbocycles. The number of ether oxygens (including phenoxy) is 1. The molecule has 2 aromatic rings. The van der Waals surface area contributed by atoms with E-state index >= 15 is 0 Å². The summed E-state index contributed by atoms with van der Waals surface area (Å²) in [7, 11) is 1.57. The van der Waals surface area contributed by atoms with Crippen LogP contribution >= 0.6 is 0 Å². The van der Waals surface area contributed by atoms with Gasteiger partial charge in [-0.25, -0.2) is 9.97 Å². The first-order chi connectivity index (χ1) is 9.20. The van der Waals surface area contributed by atoms with Crippen LogP contribution in [0.15, 0.2) is 36.9 Å². The third-order valence-corrected chi connectivity index (χ3v) is 2.57. The number of amides is 1. The van der Waals surface area contributed by atoms with Crippen LogP contribution in [0.5, 0.6) is 5.75 Å². The maximum absolute atomic E-state index is 11.8. The summed E-state index contributed by atoms with van der Waals surface area (Å²) in [5.74, 6) is 0.434. The number of benzene rings is 1. The Balaban J connectivity index is 2.07. The number of hydrogen-bond donors (Lipinski definition) is 2. The largest absolute Gasteiger partial charge is 0.496 e. The van der Waals surface area contributed by atoms with E-state index in [9.17, 15) is 4.79 Å². The molecule has 0 spiro atoms. The number of aromatic nitrogens is 2. The third kappa shape index (κ3) is 3.19. The molecule has 0 atom stereocenters. The van der Waals surface area contributed by atoms with Crippen LogP contribution in [-0.4, -0.2) is 23.0 Å². The van der Waals surface area contributed by atoms with E-state index in [1.165, 1.54) is 18.7 Å². The molecule has 98 valence electrons. The van der Waals surface area contributed by atoms with Crippen LogP contribution < -0.4 is 15.8 Å². The first-order valence-electron chi connectivity index (χ1n) is 5.66. The van der Waals surface area contributed by atoms with Crippen LogP contribution in [0, 0.1) is 0 Å². The van der Waals surface area contributed by atoms with E-state index in [1.807, 2.05) is 0 Å². The summed E-state index contributed by atoms with van der Waals surface area (Å²) in [4.78, 5) is 19.4. The number of carbonyl (C=O) groups excluding carboxylic acids is 1. The van der Waals surface area contributed by atoms with Gasteiger partial charge in [0.05, 0.1) is 12.7 Å². The predicted molar refractivity (Wildman–Crippen MR) is 70.6 cm³/mol. The van der Waals surface area contributed by atoms with Crippen LogP contribution in [0.2, 0.25) is 0 Å². The minimum absolute atomic E-state index is 0.245. The van der Waals surface area contributed by atoms with E-state index in [0.29, 0.717) is 23.5 Å². The van der Waals surface area contributed by atoms with Crippen LogP contribution in [0.4, 0.5) is 5.69 Å². The molecule has 0 radical (unpaired) electrons. The molecule has 19 heavy (non-hydrogen) atoms. The molecule has 1 aromatic heterocycles. The molecule has 3 N–H and O–H groups in total. The van der Waals surface area contributed by atoms with Crippen LogP contribution in [0.3, 0.4) is 0 Å². The van der Waals surface area contributed by atoms with Crippen molar-refractivity contribution in [3.05, 3.63) is 48.0 Å². The van der Waals surface area contributed by atoms with Crippen molar-refractivity contribution in [2.75, 3.05) is 12.8 Å². The summed E-state index contributed by atoms with van der Waals surface area (Å²) in [5, 5.41) is 2.76. The van der Waals surface area contributed by atoms with Crippen molar-refractivity contribution in [3.63, 3.8) is 0 Å². The Bertz CT molecular complexity index is 572. The lowest BCUT2D eigenvalue weighted by Gasteiger charge is -2.10. The number of rotatable bonds is 4. The first-order valence-corrected chi connectivity index (χ1v) is 5.66. The standard InChI is InChI=1S/C13H14N4O2/c1-19-12-3-2-11(14)4-9(12)7-17-13(18)10-5-15-8-16-6-10/h2-6,8H,7,14H2,1H3,(H,17,18). The fraction of sp³-hybridized carbons (Fsp3) is 0.154. The van der Waals surface area contributed by atoms with E-state index in [2.05, 4.69) is 15.3 Å². The average Bonchev–Trinajstić information content (AvgIpc) is 2.46. The van der Waals surface area contributed by atoms with Gasteiger partial charge >= 0.3 is 0 Å². The van der Waals surface area contributed by atoms with E-state index in [-0.39, 0.29) is 5.91 Å². The highest BCUT2D eigenvalue weighted by atomic mass is 16.5. The Morgan fingerprint density at radius 1 is 1.37 bits per heavy atom. The van der Waals surface area contributed by atoms with Crippen molar-refractivity contribution >= 4 is 11.6 Å². The second-order valence-corrected chi connectivity index (χ2v) is 3.88. The summed E-state index contributed by atoms with van der Waals surface area (Å²) in [5.41, 5.74) is 7.55. The monoisotopic (exact) mass is 258 g/mol. The van der Waals surface area contributed by atoms with Crippen molar-refractivity contribution < 1.29 is 9.53 Å². The normalized spacial score (nSPS) is 9.95. The summed E-state index contributed by atoms with van der Waals surface area (Å²) in [6.45, 7) is 0.321. The molecular formula is C13H14N4O2. The van der Waals surface area contributed by atoms with Gasteiger partial charge in [-0.2, -0.15) is 0 Å². The number of carbonyl (C=O) groups is 1. The Labute approximate surface area is 110 Å². The number of nitrogen functional groups attached to an aromatic ring is 1. The molecule has 0 saturated carbocycles. The number of methoxy groups -OCH3 is 1. The van der Waals surface area contributed by atoms with Gasteiger partial charge in [0, 0.05) is 30.2 Å². The van der Waals surface area contributed by atoms with Crippen molar-refractivity contribution in [3.8, 4) is 5.75 Å². The number of nitrogens with two attached hydrogens (primary N) is 1. The van der Waals surface area contributed by atoms with Gasteiger partial charge in [-0.3, -0.25) is 4.79 Å². The molecule has 0 fully saturated rings. The molecule has 0 aliphatic heterocycles. The van der Waals surface area contributed by atoms with E-state index < -0.39 is 0 Å². The number of nitrogens with one attached hydrogen (secondary N) is 1. The highest BCUT2D eigenvalue weighted by Gasteiger charge is 2.08. The summed E-state index contributed by atoms with van der Waals surface area (Å²) >= 11 is 0. The Morgan fingerprint density at radius 3 is 2.79 bits per heavy atom. The van der Waals surface area contributed by atoms with Gasteiger partial charge in [0.25, 0.3) is 5.91 Å². The molecule has 0 saturated heterocycles. The fourth-order valence-corrected chi connectivity index (χ4v) is 1.63. The van der Waals surface area contributed by atoms with Gasteiger partial charge in [-0.05, 0) is 18.2 Å². The Hall–Kier alpha value is -2.63. The number of hydrogen-bond acceptors (Lipinski definition) is 5. The summed E-state index contributed by atoms with van der Waals surface area (Å²) < 4.78 is 5.21. The zero-order valence-corrected chi connectivity index (χ0v) is 10.5. The SMILES string of the molecule is COc1ccc(N)cc1CNC(=O)c1cncnc1. The van der Waals surface area contributed by atoms with E-state index in [4.69, 9.17) is 10.5 Å². The minimum Gasteiger partial charge on any atom is -0.496 e. The van der Waals surface area contributed by atoms with Crippen molar-refractivity contribution in [1.82, 2.24) is 15.3 Å². The lowest BCUT2D eigenvalue weighted by atomic mass is 10.1. The molecule has 0 aliphatic carbocycles. The predicted octanol–water partition coefficient (Wildman–Crippen LogP) is 0.997. The zero-order chi connectivity index (χ0) is 13.7. The van der Waals surface area contributed by atoms with Gasteiger partial charge in [-0.1, -0.05) is 0 Å². The summed E-state index contributed by atoms with van der Waals surface area (Å²) in [6, 6.07) is 5.28. The number of nitrogens with zero attached hydrogens (tertiary/aromatic N) is 2. The lowest BCUT2D eigenvalue weighted by molar-refractivity contribution is 0.0950. The fourth-order valence-electron chi connectivity index (χ4n) is 1.63. The minimum atomic E-state index is -0.245. The van der Waals surface area contributed by atoms with Gasteiger partial charge in [-0.15, -0.1) is 0 Å². The van der Waals surface area contributed by atoms with Crippen molar-refractivity contribution in [2.45, 2.75) is 6.54 Å². The quantitative estimate of drug-likeness (QED) is 0.798. The maximum atomic E-state index is 11.8. The van der Waals surface area contributed by atoms with Crippen molar-refractivity contribution in [2.24, 2.45) is 0 Å². The molecule has 2 rings (SSSR count). The average molecular weight is 258 g/mol. The second kappa shape index (κ2) is 5.81. The van der Waals surface area contributed by atoms with Gasteiger partial charge in [0.1, 0.15) is 12.1 Å². The smallest absolute Gasteiger partial charge is 0.254 e. The van der Waals surface area contributed by atoms with Gasteiger partial charge in [0.2, 0.25) is 0 Å². The molecule has 1 heterocycles. The lowest BCUT2D eigenvalue weighted by Crippen LogP contribution is -2.23. The highest BCUT2D eigenvalue weighted by Crippen LogP contribution is 2.20. The molecule has 6 nitrogen and oxygen atoms in total. The van der Waals surface area contributed by atoms with Gasteiger partial charge in [0.15, 0.2) is 0 Å². The molecular weight excluding hydrogens is 244 g/mol. The van der Waals surface area contributed by atoms with Gasteiger partial charge < -0.3 is 15.8 Å². The Kier molecular flexibility index (Phi) is 3.92. The molecule has 6 heteroatoms. The van der Waals surface area contributed by atoms with Crippen LogP contribution in [0.25, 0.3) is 0 Å². The molecule has 1 amide bonds. The molecule has 0 aliphatic rings. The molecule has 0 unspecified atom stereocenters. The van der Waals surface area contributed by atoms with Crippen LogP contribution in [-0.2, 0) is 6.54 Å². The maximum Gasteiger partial charge on any atom is 0.254 e. The Morgan fingerprint density at radius 2 is 2.11 bits per heavy atom. The van der Waals surface area contributed by atoms with Crippen LogP contribution in [0.1, 0.15) is 15.9 Å². The summed E-state index contributed by atoms with van der Waals surface area (Å²) in [6.07, 6.45) is 4.29. The highest BCUT2D eigenvalue weighted by molar-refractivity contribution is 5.93. The number of anilines is 1. The molecule has 0 bridgehead atoms. The van der Waals surface area contributed by atoms with E-state index in [1.54, 1.807) is 25.3 Å². The topological polar surface area (TPSA) is 90.1 Å². The zero-order valence-electron chi connectivity index (χ0n) is 10.5. The third-order valence-electron chi connectivity index (χ3n) is 2.57. The van der Waals surface area contributed by atoms with Crippen molar-refractivity contribution in [1.29, 1.82) is 0 Å². The first kappa shape index (κ1) is 12.8. The second-order valence-electron chi connectivity index (χ2n) is 3.88.